The number of carbonyl (C=O) groups excluding carboxylic acids is 1. The van der Waals surface area contributed by atoms with Gasteiger partial charge in [-0.1, -0.05) is 58.3 Å². The summed E-state index contributed by atoms with van der Waals surface area (Å²) in [7, 11) is 6.96. The molecular weight excluding hydrogens is 685 g/mol. The summed E-state index contributed by atoms with van der Waals surface area (Å²) >= 11 is 0. The first-order valence-corrected chi connectivity index (χ1v) is 20.2. The van der Waals surface area contributed by atoms with E-state index in [1.54, 1.807) is 59.0 Å². The van der Waals surface area contributed by atoms with Crippen LogP contribution in [-0.2, 0) is 28.2 Å². The highest BCUT2D eigenvalue weighted by atomic mass is 33.1. The number of hydrogen-bond donors (Lipinski definition) is 6. The van der Waals surface area contributed by atoms with E-state index in [-0.39, 0.29) is 48.6 Å². The third kappa shape index (κ3) is 10.6. The Bertz CT molecular complexity index is 1770. The molecule has 0 radical (unpaired) electrons. The van der Waals surface area contributed by atoms with Crippen molar-refractivity contribution >= 4 is 38.1 Å². The molecule has 1 aliphatic heterocycles. The Morgan fingerprint density at radius 2 is 1.78 bits per heavy atom. The van der Waals surface area contributed by atoms with Crippen molar-refractivity contribution in [3.05, 3.63) is 82.9 Å². The van der Waals surface area contributed by atoms with E-state index in [4.69, 9.17) is 9.47 Å². The molecule has 0 aromatic heterocycles. The lowest BCUT2D eigenvalue weighted by Gasteiger charge is -2.27. The number of hydrogen-bond acceptors (Lipinski definition) is 11. The molecule has 1 heterocycles. The molecule has 0 amide bonds. The summed E-state index contributed by atoms with van der Waals surface area (Å²) in [4.78, 5) is 13.8. The van der Waals surface area contributed by atoms with Gasteiger partial charge in [-0.2, -0.15) is 0 Å². The lowest BCUT2D eigenvalue weighted by atomic mass is 9.89. The number of aliphatic hydroxyl groups is 1. The highest BCUT2D eigenvalue weighted by molar-refractivity contribution is 8.76. The van der Waals surface area contributed by atoms with Crippen LogP contribution in [0.5, 0.6) is 23.0 Å². The number of aryl methyl sites for hydroxylation is 1. The van der Waals surface area contributed by atoms with Crippen LogP contribution in [0.15, 0.2) is 60.7 Å². The quantitative estimate of drug-likeness (QED) is 0.0512. The molecular formula is C40H50N2O7S2. The van der Waals surface area contributed by atoms with Crippen LogP contribution in [-0.4, -0.2) is 65.4 Å². The maximum absolute atomic E-state index is 13.8. The van der Waals surface area contributed by atoms with Gasteiger partial charge in [0.25, 0.3) is 0 Å². The van der Waals surface area contributed by atoms with Gasteiger partial charge in [-0.25, -0.2) is 0 Å². The molecule has 0 saturated carbocycles. The van der Waals surface area contributed by atoms with E-state index in [0.29, 0.717) is 43.9 Å². The molecule has 0 aliphatic carbocycles. The molecule has 0 fully saturated rings. The number of fused-ring (bicyclic) bond motifs is 5. The standard InChI is InChI=1S/C40H50N2O7S2/c1-41-24-26-19-29(21-32(46)20-26)40(42-16-4-5-17-43)49-33-7-3-6-18-50-51-25-36-34(14-10-27-8-12-31(45)23-35(27)36)38-28(9-13-30(44)22-33)11-15-37(47)39(38)48-2/h8,10-12,14-15,19-21,23,33,40-43,45-47H,3-7,9,13,16-18,22,24-25H2,1-2H3. The van der Waals surface area contributed by atoms with Crippen molar-refractivity contribution in [2.45, 2.75) is 76.0 Å². The predicted molar refractivity (Wildman–Crippen MR) is 208 cm³/mol. The lowest BCUT2D eigenvalue weighted by molar-refractivity contribution is -0.124. The van der Waals surface area contributed by atoms with Crippen molar-refractivity contribution in [3.63, 3.8) is 0 Å². The van der Waals surface area contributed by atoms with Gasteiger partial charge in [0.2, 0.25) is 0 Å². The number of ether oxygens (including phenoxy) is 2. The van der Waals surface area contributed by atoms with E-state index < -0.39 is 6.23 Å². The molecule has 0 bridgehead atoms. The van der Waals surface area contributed by atoms with Gasteiger partial charge in [0.15, 0.2) is 11.5 Å². The fourth-order valence-electron chi connectivity index (χ4n) is 6.69. The molecule has 0 saturated heterocycles. The zero-order valence-electron chi connectivity index (χ0n) is 29.5. The second kappa shape index (κ2) is 19.4. The lowest BCUT2D eigenvalue weighted by Crippen LogP contribution is -2.30. The minimum Gasteiger partial charge on any atom is -0.508 e. The maximum atomic E-state index is 13.8. The number of phenols is 3. The Labute approximate surface area is 308 Å². The number of rotatable bonds is 11. The smallest absolute Gasteiger partial charge is 0.168 e. The summed E-state index contributed by atoms with van der Waals surface area (Å²) in [6.45, 7) is 1.31. The summed E-state index contributed by atoms with van der Waals surface area (Å²) in [5.41, 5.74) is 5.30. The number of carbonyl (C=O) groups is 1. The molecule has 6 N–H and O–H groups in total. The zero-order valence-corrected chi connectivity index (χ0v) is 31.1. The second-order valence-corrected chi connectivity index (χ2v) is 15.5. The second-order valence-electron chi connectivity index (χ2n) is 13.0. The molecule has 5 rings (SSSR count). The first kappa shape index (κ1) is 38.8. The third-order valence-electron chi connectivity index (χ3n) is 9.16. The number of aromatic hydroxyl groups is 3. The average molecular weight is 735 g/mol. The fraction of sp³-hybridized carbons (Fsp3) is 0.425. The molecule has 4 aromatic rings. The minimum atomic E-state index is -0.543. The summed E-state index contributed by atoms with van der Waals surface area (Å²) in [5.74, 6) is 2.39. The van der Waals surface area contributed by atoms with E-state index in [2.05, 4.69) is 10.6 Å². The number of ketones is 1. The number of nitrogens with one attached hydrogen (secondary N) is 2. The van der Waals surface area contributed by atoms with E-state index in [1.165, 1.54) is 0 Å². The van der Waals surface area contributed by atoms with Crippen LogP contribution in [0.4, 0.5) is 0 Å². The van der Waals surface area contributed by atoms with Crippen molar-refractivity contribution in [2.24, 2.45) is 0 Å². The predicted octanol–water partition coefficient (Wildman–Crippen LogP) is 7.75. The number of methoxy groups -OCH3 is 1. The van der Waals surface area contributed by atoms with E-state index >= 15 is 0 Å². The monoisotopic (exact) mass is 734 g/mol. The molecule has 11 heteroatoms. The third-order valence-corrected chi connectivity index (χ3v) is 11.5. The topological polar surface area (TPSA) is 141 Å². The van der Waals surface area contributed by atoms with Crippen molar-refractivity contribution in [3.8, 4) is 34.1 Å². The van der Waals surface area contributed by atoms with Crippen molar-refractivity contribution in [1.29, 1.82) is 0 Å². The molecule has 4 aromatic carbocycles. The fourth-order valence-corrected chi connectivity index (χ4v) is 8.95. The molecule has 274 valence electrons. The number of aliphatic hydroxyl groups excluding tert-OH is 1. The summed E-state index contributed by atoms with van der Waals surface area (Å²) in [6.07, 6.45) is 4.05. The van der Waals surface area contributed by atoms with E-state index in [9.17, 15) is 25.2 Å². The van der Waals surface area contributed by atoms with Gasteiger partial charge in [0.1, 0.15) is 23.5 Å². The number of unbranched alkanes of at least 4 members (excludes halogenated alkanes) is 1. The van der Waals surface area contributed by atoms with E-state index in [1.807, 2.05) is 37.4 Å². The van der Waals surface area contributed by atoms with Crippen LogP contribution in [0.3, 0.4) is 0 Å². The van der Waals surface area contributed by atoms with E-state index in [0.717, 1.165) is 69.2 Å². The molecule has 9 nitrogen and oxygen atoms in total. The Balaban J connectivity index is 1.45. The van der Waals surface area contributed by atoms with Crippen molar-refractivity contribution in [2.75, 3.05) is 33.1 Å². The van der Waals surface area contributed by atoms with Gasteiger partial charge in [0, 0.05) is 43.1 Å². The van der Waals surface area contributed by atoms with Crippen LogP contribution >= 0.6 is 21.6 Å². The SMILES string of the molecule is CNCc1cc(O)cc(C(NCCCCO)OC2CCCCSSCc3c(ccc4ccc(O)cc34)-c3c(ccc(O)c3OC)CCC(=O)C2)c1. The summed E-state index contributed by atoms with van der Waals surface area (Å²) in [5, 5.41) is 49.8. The van der Waals surface area contributed by atoms with Gasteiger partial charge < -0.3 is 35.2 Å². The molecule has 0 spiro atoms. The minimum absolute atomic E-state index is 0.0248. The molecule has 2 unspecified atom stereocenters. The molecule has 1 aliphatic rings. The number of benzene rings is 4. The summed E-state index contributed by atoms with van der Waals surface area (Å²) < 4.78 is 12.5. The Kier molecular flexibility index (Phi) is 14.8. The molecule has 51 heavy (non-hydrogen) atoms. The van der Waals surface area contributed by atoms with Crippen LogP contribution in [0.1, 0.15) is 73.4 Å². The Morgan fingerprint density at radius 1 is 0.941 bits per heavy atom. The first-order chi connectivity index (χ1) is 24.8. The van der Waals surface area contributed by atoms with Crippen LogP contribution in [0, 0.1) is 0 Å². The van der Waals surface area contributed by atoms with Crippen molar-refractivity contribution < 1.29 is 34.7 Å². The zero-order chi connectivity index (χ0) is 36.2. The van der Waals surface area contributed by atoms with Gasteiger partial charge in [0.05, 0.1) is 13.2 Å². The number of phenolic OH excluding ortho intramolecular Hbond substituents is 3. The van der Waals surface area contributed by atoms with Crippen LogP contribution < -0.4 is 15.4 Å². The first-order valence-electron chi connectivity index (χ1n) is 17.7. The highest BCUT2D eigenvalue weighted by Crippen LogP contribution is 2.45. The largest absolute Gasteiger partial charge is 0.508 e. The average Bonchev–Trinajstić information content (AvgIpc) is 3.11. The maximum Gasteiger partial charge on any atom is 0.168 e. The van der Waals surface area contributed by atoms with Crippen LogP contribution in [0.2, 0.25) is 0 Å². The number of Topliss-reactive ketones (excluding diaryl/α,β-unsaturated/α-hetero) is 1. The van der Waals surface area contributed by atoms with Crippen LogP contribution in [0.25, 0.3) is 21.9 Å². The molecule has 2 atom stereocenters. The van der Waals surface area contributed by atoms with Gasteiger partial charge >= 0.3 is 0 Å². The van der Waals surface area contributed by atoms with Gasteiger partial charge in [-0.15, -0.1) is 0 Å². The van der Waals surface area contributed by atoms with Gasteiger partial charge in [-0.3, -0.25) is 10.1 Å². The highest BCUT2D eigenvalue weighted by Gasteiger charge is 2.24. The Morgan fingerprint density at radius 3 is 2.59 bits per heavy atom. The normalized spacial score (nSPS) is 16.8. The Hall–Kier alpha value is -3.45. The van der Waals surface area contributed by atoms with Gasteiger partial charge in [-0.05, 0) is 115 Å². The van der Waals surface area contributed by atoms with Crippen molar-refractivity contribution in [1.82, 2.24) is 10.6 Å². The summed E-state index contributed by atoms with van der Waals surface area (Å²) in [6, 6.07) is 18.4.